The molecule has 0 aliphatic rings. The molecule has 1 rings (SSSR count). The molecule has 74 valence electrons. The minimum Gasteiger partial charge on any atom is -0.411 e. The number of aryl methyl sites for hydroxylation is 1. The number of benzene rings is 1. The number of rotatable bonds is 3. The minimum absolute atomic E-state index is 0.447. The second kappa shape index (κ2) is 5.01. The molecule has 0 atom stereocenters. The summed E-state index contributed by atoms with van der Waals surface area (Å²) < 4.78 is 0. The quantitative estimate of drug-likeness (QED) is 0.434. The second-order valence-electron chi connectivity index (χ2n) is 2.78. The van der Waals surface area contributed by atoms with E-state index in [2.05, 4.69) is 17.4 Å². The highest BCUT2D eigenvalue weighted by atomic mass is 16.4. The Balaban J connectivity index is 2.64. The highest BCUT2D eigenvalue weighted by Crippen LogP contribution is 2.09. The van der Waals surface area contributed by atoms with Crippen LogP contribution in [0.2, 0.25) is 0 Å². The Morgan fingerprint density at radius 2 is 2.14 bits per heavy atom. The van der Waals surface area contributed by atoms with Crippen molar-refractivity contribution in [2.24, 2.45) is 5.16 Å². The average Bonchev–Trinajstić information content (AvgIpc) is 2.19. The Labute approximate surface area is 82.2 Å². The summed E-state index contributed by atoms with van der Waals surface area (Å²) in [6.45, 7) is 2.06. The largest absolute Gasteiger partial charge is 0.411 e. The first kappa shape index (κ1) is 10.2. The number of nitrogens with zero attached hydrogens (tertiary/aromatic N) is 1. The van der Waals surface area contributed by atoms with E-state index in [-0.39, 0.29) is 0 Å². The molecule has 0 spiro atoms. The summed E-state index contributed by atoms with van der Waals surface area (Å²) in [5.41, 5.74) is 1.89. The van der Waals surface area contributed by atoms with Gasteiger partial charge in [-0.3, -0.25) is 4.79 Å². The number of amides is 1. The van der Waals surface area contributed by atoms with E-state index in [9.17, 15) is 4.79 Å². The summed E-state index contributed by atoms with van der Waals surface area (Å²) in [7, 11) is 0. The van der Waals surface area contributed by atoms with Crippen molar-refractivity contribution in [3.8, 4) is 0 Å². The molecule has 0 fully saturated rings. The summed E-state index contributed by atoms with van der Waals surface area (Å²) in [5, 5.41) is 13.3. The average molecular weight is 192 g/mol. The lowest BCUT2D eigenvalue weighted by Gasteiger charge is -2.02. The van der Waals surface area contributed by atoms with E-state index in [0.29, 0.717) is 5.69 Å². The molecule has 2 N–H and O–H groups in total. The number of anilines is 1. The van der Waals surface area contributed by atoms with Crippen LogP contribution in [-0.4, -0.2) is 17.3 Å². The predicted molar refractivity (Wildman–Crippen MR) is 54.7 cm³/mol. The lowest BCUT2D eigenvalue weighted by Crippen LogP contribution is -2.12. The van der Waals surface area contributed by atoms with Crippen LogP contribution in [0.1, 0.15) is 12.5 Å². The zero-order valence-electron chi connectivity index (χ0n) is 7.90. The summed E-state index contributed by atoms with van der Waals surface area (Å²) in [6.07, 6.45) is 1.78. The molecule has 1 aromatic carbocycles. The normalized spacial score (nSPS) is 10.4. The van der Waals surface area contributed by atoms with Crippen LogP contribution >= 0.6 is 0 Å². The molecule has 0 aliphatic heterocycles. The molecule has 4 heteroatoms. The van der Waals surface area contributed by atoms with Crippen LogP contribution in [0.4, 0.5) is 5.69 Å². The first-order chi connectivity index (χ1) is 6.76. The van der Waals surface area contributed by atoms with Gasteiger partial charge in [-0.05, 0) is 24.1 Å². The maximum absolute atomic E-state index is 10.9. The van der Waals surface area contributed by atoms with Crippen molar-refractivity contribution < 1.29 is 10.0 Å². The van der Waals surface area contributed by atoms with E-state index >= 15 is 0 Å². The van der Waals surface area contributed by atoms with E-state index in [0.717, 1.165) is 12.6 Å². The van der Waals surface area contributed by atoms with Crippen molar-refractivity contribution >= 4 is 17.8 Å². The molecule has 0 heterocycles. The van der Waals surface area contributed by atoms with E-state index in [1.54, 1.807) is 0 Å². The SMILES string of the molecule is CCc1ccc(NC(=O)/C=N/O)cc1. The van der Waals surface area contributed by atoms with Crippen LogP contribution in [0.15, 0.2) is 29.4 Å². The fraction of sp³-hybridized carbons (Fsp3) is 0.200. The number of hydrogen-bond acceptors (Lipinski definition) is 3. The van der Waals surface area contributed by atoms with Crippen molar-refractivity contribution in [3.05, 3.63) is 29.8 Å². The first-order valence-electron chi connectivity index (χ1n) is 4.33. The van der Waals surface area contributed by atoms with Crippen LogP contribution in [0.25, 0.3) is 0 Å². The summed E-state index contributed by atoms with van der Waals surface area (Å²) >= 11 is 0. The van der Waals surface area contributed by atoms with Gasteiger partial charge in [0.2, 0.25) is 0 Å². The first-order valence-corrected chi connectivity index (χ1v) is 4.33. The third-order valence-electron chi connectivity index (χ3n) is 1.80. The van der Waals surface area contributed by atoms with Crippen LogP contribution in [0.5, 0.6) is 0 Å². The number of nitrogens with one attached hydrogen (secondary N) is 1. The van der Waals surface area contributed by atoms with Gasteiger partial charge >= 0.3 is 0 Å². The molecule has 14 heavy (non-hydrogen) atoms. The molecule has 0 bridgehead atoms. The molecule has 1 aromatic rings. The van der Waals surface area contributed by atoms with E-state index < -0.39 is 5.91 Å². The Morgan fingerprint density at radius 1 is 1.50 bits per heavy atom. The second-order valence-corrected chi connectivity index (χ2v) is 2.78. The van der Waals surface area contributed by atoms with Crippen molar-refractivity contribution in [2.45, 2.75) is 13.3 Å². The molecular formula is C10H12N2O2. The Hall–Kier alpha value is -1.84. The Bertz CT molecular complexity index is 330. The third-order valence-corrected chi connectivity index (χ3v) is 1.80. The highest BCUT2D eigenvalue weighted by Gasteiger charge is 1.97. The van der Waals surface area contributed by atoms with Crippen molar-refractivity contribution in [1.82, 2.24) is 0 Å². The molecule has 0 saturated heterocycles. The van der Waals surface area contributed by atoms with Crippen LogP contribution in [0.3, 0.4) is 0 Å². The Kier molecular flexibility index (Phi) is 3.67. The number of oxime groups is 1. The van der Waals surface area contributed by atoms with Gasteiger partial charge in [-0.15, -0.1) is 0 Å². The molecule has 4 nitrogen and oxygen atoms in total. The number of carbonyl (C=O) groups is 1. The molecular weight excluding hydrogens is 180 g/mol. The topological polar surface area (TPSA) is 61.7 Å². The smallest absolute Gasteiger partial charge is 0.270 e. The molecule has 0 radical (unpaired) electrons. The third kappa shape index (κ3) is 2.90. The molecule has 0 aromatic heterocycles. The zero-order chi connectivity index (χ0) is 10.4. The van der Waals surface area contributed by atoms with E-state index in [1.807, 2.05) is 24.3 Å². The van der Waals surface area contributed by atoms with Crippen molar-refractivity contribution in [2.75, 3.05) is 5.32 Å². The lowest BCUT2D eigenvalue weighted by molar-refractivity contribution is -0.110. The number of carbonyl (C=O) groups excluding carboxylic acids is 1. The van der Waals surface area contributed by atoms with Gasteiger partial charge in [0.1, 0.15) is 6.21 Å². The summed E-state index contributed by atoms with van der Waals surface area (Å²) in [5.74, 6) is -0.447. The van der Waals surface area contributed by atoms with Crippen LogP contribution in [0, 0.1) is 0 Å². The molecule has 0 saturated carbocycles. The molecule has 1 amide bonds. The lowest BCUT2D eigenvalue weighted by atomic mass is 10.1. The minimum atomic E-state index is -0.447. The fourth-order valence-corrected chi connectivity index (χ4v) is 1.05. The van der Waals surface area contributed by atoms with Crippen molar-refractivity contribution in [3.63, 3.8) is 0 Å². The maximum Gasteiger partial charge on any atom is 0.270 e. The molecule has 0 aliphatic carbocycles. The van der Waals surface area contributed by atoms with Gasteiger partial charge in [0.25, 0.3) is 5.91 Å². The van der Waals surface area contributed by atoms with Gasteiger partial charge in [-0.25, -0.2) is 0 Å². The van der Waals surface area contributed by atoms with Gasteiger partial charge in [-0.2, -0.15) is 0 Å². The standard InChI is InChI=1S/C10H12N2O2/c1-2-8-3-5-9(6-4-8)12-10(13)7-11-14/h3-7,14H,2H2,1H3,(H,12,13)/b11-7+. The van der Waals surface area contributed by atoms with Gasteiger partial charge in [0, 0.05) is 5.69 Å². The summed E-state index contributed by atoms with van der Waals surface area (Å²) in [4.78, 5) is 10.9. The zero-order valence-corrected chi connectivity index (χ0v) is 7.90. The van der Waals surface area contributed by atoms with Crippen molar-refractivity contribution in [1.29, 1.82) is 0 Å². The van der Waals surface area contributed by atoms with Gasteiger partial charge in [0.15, 0.2) is 0 Å². The van der Waals surface area contributed by atoms with E-state index in [1.165, 1.54) is 5.56 Å². The maximum atomic E-state index is 10.9. The van der Waals surface area contributed by atoms with E-state index in [4.69, 9.17) is 5.21 Å². The van der Waals surface area contributed by atoms with Gasteiger partial charge in [0.05, 0.1) is 0 Å². The monoisotopic (exact) mass is 192 g/mol. The highest BCUT2D eigenvalue weighted by molar-refractivity contribution is 6.31. The molecule has 0 unspecified atom stereocenters. The van der Waals surface area contributed by atoms with Crippen LogP contribution < -0.4 is 5.32 Å². The predicted octanol–water partition coefficient (Wildman–Crippen LogP) is 1.65. The number of hydrogen-bond donors (Lipinski definition) is 2. The van der Waals surface area contributed by atoms with Gasteiger partial charge < -0.3 is 10.5 Å². The Morgan fingerprint density at radius 3 is 2.64 bits per heavy atom. The van der Waals surface area contributed by atoms with Crippen LogP contribution in [-0.2, 0) is 11.2 Å². The summed E-state index contributed by atoms with van der Waals surface area (Å²) in [6, 6.07) is 7.49. The fourth-order valence-electron chi connectivity index (χ4n) is 1.05. The van der Waals surface area contributed by atoms with Gasteiger partial charge in [-0.1, -0.05) is 24.2 Å².